The maximum Gasteiger partial charge on any atom is 0.416 e. The number of aromatic nitrogens is 2. The Bertz CT molecular complexity index is 650. The molecule has 0 aliphatic rings. The van der Waals surface area contributed by atoms with Crippen molar-refractivity contribution in [1.29, 1.82) is 0 Å². The van der Waals surface area contributed by atoms with Gasteiger partial charge in [-0.25, -0.2) is 4.98 Å². The van der Waals surface area contributed by atoms with Crippen LogP contribution in [-0.2, 0) is 19.6 Å². The number of hydrogen-bond acceptors (Lipinski definition) is 2. The number of nitrogens with two attached hydrogens (primary N) is 1. The van der Waals surface area contributed by atoms with Gasteiger partial charge in [0.15, 0.2) is 0 Å². The molecule has 1 atom stereocenters. The van der Waals surface area contributed by atoms with Crippen LogP contribution in [0.4, 0.5) is 13.2 Å². The second kappa shape index (κ2) is 5.02. The molecule has 0 aliphatic carbocycles. The summed E-state index contributed by atoms with van der Waals surface area (Å²) in [6.07, 6.45) is -3.83. The summed E-state index contributed by atoms with van der Waals surface area (Å²) in [4.78, 5) is 4.32. The van der Waals surface area contributed by atoms with Crippen LogP contribution in [0.2, 0.25) is 0 Å². The van der Waals surface area contributed by atoms with Gasteiger partial charge in [-0.05, 0) is 23.6 Å². The Hall–Kier alpha value is -1.56. The topological polar surface area (TPSA) is 43.8 Å². The standard InChI is InChI=1S/C15H20F3N3/c1-14(2,3)12(19)8-13-20-10-7-9(15(16,17)18)5-6-11(10)21(13)4/h5-7,12H,8,19H2,1-4H3. The van der Waals surface area contributed by atoms with Crippen molar-refractivity contribution in [3.05, 3.63) is 29.6 Å². The second-order valence-corrected chi connectivity index (χ2v) is 6.46. The highest BCUT2D eigenvalue weighted by atomic mass is 19.4. The van der Waals surface area contributed by atoms with Crippen LogP contribution in [0.5, 0.6) is 0 Å². The van der Waals surface area contributed by atoms with Crippen LogP contribution in [0.3, 0.4) is 0 Å². The molecule has 21 heavy (non-hydrogen) atoms. The Morgan fingerprint density at radius 3 is 2.38 bits per heavy atom. The smallest absolute Gasteiger partial charge is 0.331 e. The Balaban J connectivity index is 2.41. The quantitative estimate of drug-likeness (QED) is 0.922. The molecule has 1 aromatic carbocycles. The van der Waals surface area contributed by atoms with E-state index in [2.05, 4.69) is 4.98 Å². The van der Waals surface area contributed by atoms with Gasteiger partial charge in [0.1, 0.15) is 5.82 Å². The van der Waals surface area contributed by atoms with Crippen molar-refractivity contribution >= 4 is 11.0 Å². The van der Waals surface area contributed by atoms with Gasteiger partial charge in [-0.15, -0.1) is 0 Å². The molecule has 1 aromatic heterocycles. The number of imidazole rings is 1. The van der Waals surface area contributed by atoms with Crippen molar-refractivity contribution in [3.63, 3.8) is 0 Å². The summed E-state index contributed by atoms with van der Waals surface area (Å²) in [6, 6.07) is 3.51. The number of aryl methyl sites for hydroxylation is 1. The maximum absolute atomic E-state index is 12.7. The molecular weight excluding hydrogens is 279 g/mol. The Labute approximate surface area is 122 Å². The van der Waals surface area contributed by atoms with Gasteiger partial charge in [0.05, 0.1) is 16.6 Å². The molecule has 2 aromatic rings. The monoisotopic (exact) mass is 299 g/mol. The fourth-order valence-electron chi connectivity index (χ4n) is 2.11. The molecule has 2 rings (SSSR count). The molecule has 0 spiro atoms. The molecule has 0 aliphatic heterocycles. The normalized spacial score (nSPS) is 14.7. The van der Waals surface area contributed by atoms with Crippen LogP contribution >= 0.6 is 0 Å². The molecule has 0 saturated heterocycles. The minimum absolute atomic E-state index is 0.0880. The zero-order valence-electron chi connectivity index (χ0n) is 12.6. The Morgan fingerprint density at radius 1 is 1.24 bits per heavy atom. The first kappa shape index (κ1) is 15.8. The summed E-state index contributed by atoms with van der Waals surface area (Å²) in [5, 5.41) is 0. The van der Waals surface area contributed by atoms with Crippen LogP contribution in [0.1, 0.15) is 32.2 Å². The molecule has 0 amide bonds. The van der Waals surface area contributed by atoms with Crippen molar-refractivity contribution in [2.24, 2.45) is 18.2 Å². The minimum Gasteiger partial charge on any atom is -0.331 e. The van der Waals surface area contributed by atoms with Gasteiger partial charge in [-0.2, -0.15) is 13.2 Å². The molecule has 0 saturated carbocycles. The highest BCUT2D eigenvalue weighted by Crippen LogP contribution is 2.31. The van der Waals surface area contributed by atoms with E-state index >= 15 is 0 Å². The molecule has 0 bridgehead atoms. The SMILES string of the molecule is Cn1c(CC(N)C(C)(C)C)nc2cc(C(F)(F)F)ccc21. The van der Waals surface area contributed by atoms with Crippen molar-refractivity contribution in [2.45, 2.75) is 39.4 Å². The van der Waals surface area contributed by atoms with E-state index in [9.17, 15) is 13.2 Å². The van der Waals surface area contributed by atoms with Gasteiger partial charge in [0, 0.05) is 19.5 Å². The van der Waals surface area contributed by atoms with Crippen LogP contribution in [0.15, 0.2) is 18.2 Å². The van der Waals surface area contributed by atoms with Crippen LogP contribution in [0.25, 0.3) is 11.0 Å². The first-order valence-electron chi connectivity index (χ1n) is 6.78. The Kier molecular flexibility index (Phi) is 3.78. The van der Waals surface area contributed by atoms with Crippen molar-refractivity contribution in [2.75, 3.05) is 0 Å². The Morgan fingerprint density at radius 2 is 1.86 bits per heavy atom. The predicted octanol–water partition coefficient (Wildman–Crippen LogP) is 3.51. The van der Waals surface area contributed by atoms with Crippen LogP contribution in [-0.4, -0.2) is 15.6 Å². The van der Waals surface area contributed by atoms with E-state index in [1.54, 1.807) is 11.6 Å². The summed E-state index contributed by atoms with van der Waals surface area (Å²) in [6.45, 7) is 6.09. The number of nitrogens with zero attached hydrogens (tertiary/aromatic N) is 2. The molecule has 116 valence electrons. The van der Waals surface area contributed by atoms with E-state index in [1.165, 1.54) is 6.07 Å². The fraction of sp³-hybridized carbons (Fsp3) is 0.533. The second-order valence-electron chi connectivity index (χ2n) is 6.46. The van der Waals surface area contributed by atoms with E-state index < -0.39 is 11.7 Å². The maximum atomic E-state index is 12.7. The average molecular weight is 299 g/mol. The van der Waals surface area contributed by atoms with E-state index in [0.29, 0.717) is 23.3 Å². The summed E-state index contributed by atoms with van der Waals surface area (Å²) < 4.78 is 40.0. The van der Waals surface area contributed by atoms with Gasteiger partial charge in [0.25, 0.3) is 0 Å². The summed E-state index contributed by atoms with van der Waals surface area (Å²) >= 11 is 0. The summed E-state index contributed by atoms with van der Waals surface area (Å²) in [5.74, 6) is 0.701. The van der Waals surface area contributed by atoms with Gasteiger partial charge in [0.2, 0.25) is 0 Å². The number of halogens is 3. The number of hydrogen-bond donors (Lipinski definition) is 1. The highest BCUT2D eigenvalue weighted by molar-refractivity contribution is 5.77. The summed E-state index contributed by atoms with van der Waals surface area (Å²) in [5.41, 5.74) is 6.40. The van der Waals surface area contributed by atoms with Gasteiger partial charge < -0.3 is 10.3 Å². The third-order valence-electron chi connectivity index (χ3n) is 3.82. The molecule has 1 unspecified atom stereocenters. The number of alkyl halides is 3. The van der Waals surface area contributed by atoms with Crippen LogP contribution in [0, 0.1) is 5.41 Å². The van der Waals surface area contributed by atoms with E-state index in [1.807, 2.05) is 20.8 Å². The molecule has 0 fully saturated rings. The molecule has 2 N–H and O–H groups in total. The third kappa shape index (κ3) is 3.20. The number of benzene rings is 1. The zero-order valence-corrected chi connectivity index (χ0v) is 12.6. The fourth-order valence-corrected chi connectivity index (χ4v) is 2.11. The molecule has 6 heteroatoms. The lowest BCUT2D eigenvalue weighted by Gasteiger charge is -2.26. The lowest BCUT2D eigenvalue weighted by molar-refractivity contribution is -0.137. The lowest BCUT2D eigenvalue weighted by Crippen LogP contribution is -2.37. The van der Waals surface area contributed by atoms with E-state index in [4.69, 9.17) is 5.73 Å². The molecule has 3 nitrogen and oxygen atoms in total. The zero-order chi connectivity index (χ0) is 16.0. The molecule has 1 heterocycles. The molecule has 0 radical (unpaired) electrons. The van der Waals surface area contributed by atoms with Crippen molar-refractivity contribution < 1.29 is 13.2 Å². The largest absolute Gasteiger partial charge is 0.416 e. The highest BCUT2D eigenvalue weighted by Gasteiger charge is 2.31. The van der Waals surface area contributed by atoms with Crippen molar-refractivity contribution in [3.8, 4) is 0 Å². The van der Waals surface area contributed by atoms with Crippen molar-refractivity contribution in [1.82, 2.24) is 9.55 Å². The first-order chi connectivity index (χ1) is 9.50. The summed E-state index contributed by atoms with van der Waals surface area (Å²) in [7, 11) is 1.80. The number of fused-ring (bicyclic) bond motifs is 1. The van der Waals surface area contributed by atoms with Crippen LogP contribution < -0.4 is 5.73 Å². The van der Waals surface area contributed by atoms with E-state index in [-0.39, 0.29) is 11.5 Å². The van der Waals surface area contributed by atoms with E-state index in [0.717, 1.165) is 12.1 Å². The minimum atomic E-state index is -4.35. The number of rotatable bonds is 2. The van der Waals surface area contributed by atoms with Gasteiger partial charge >= 0.3 is 6.18 Å². The van der Waals surface area contributed by atoms with Gasteiger partial charge in [-0.3, -0.25) is 0 Å². The third-order valence-corrected chi connectivity index (χ3v) is 3.82. The lowest BCUT2D eigenvalue weighted by atomic mass is 9.85. The molecular formula is C15H20F3N3. The average Bonchev–Trinajstić information content (AvgIpc) is 2.63. The van der Waals surface area contributed by atoms with Gasteiger partial charge in [-0.1, -0.05) is 20.8 Å². The predicted molar refractivity (Wildman–Crippen MR) is 76.9 cm³/mol. The first-order valence-corrected chi connectivity index (χ1v) is 6.78.